The molecule has 0 aliphatic carbocycles. The number of hydrogen-bond acceptors (Lipinski definition) is 3. The van der Waals surface area contributed by atoms with E-state index in [0.29, 0.717) is 17.0 Å². The van der Waals surface area contributed by atoms with Crippen molar-refractivity contribution >= 4 is 12.0 Å². The summed E-state index contributed by atoms with van der Waals surface area (Å²) in [5.74, 6) is 0.693. The van der Waals surface area contributed by atoms with Crippen LogP contribution in [0.25, 0.3) is 0 Å². The van der Waals surface area contributed by atoms with E-state index in [1.807, 2.05) is 13.8 Å². The number of hydrogen-bond donors (Lipinski definition) is 1. The predicted octanol–water partition coefficient (Wildman–Crippen LogP) is 1.87. The number of benzene rings is 1. The molecular weight excluding hydrogens is 166 g/mol. The van der Waals surface area contributed by atoms with Crippen molar-refractivity contribution in [2.24, 2.45) is 0 Å². The molecule has 1 aromatic rings. The summed E-state index contributed by atoms with van der Waals surface area (Å²) in [6.45, 7) is 3.87. The Morgan fingerprint density at radius 1 is 1.46 bits per heavy atom. The maximum Gasteiger partial charge on any atom is 0.152 e. The van der Waals surface area contributed by atoms with Gasteiger partial charge in [0.15, 0.2) is 6.29 Å². The Bertz CT molecular complexity index is 308. The fraction of sp³-hybridized carbons (Fsp3) is 0.300. The minimum atomic E-state index is 0.112. The Hall–Kier alpha value is -1.51. The van der Waals surface area contributed by atoms with Gasteiger partial charge in [0, 0.05) is 17.3 Å². The first-order chi connectivity index (χ1) is 6.13. The average Bonchev–Trinajstić information content (AvgIpc) is 2.03. The van der Waals surface area contributed by atoms with Crippen LogP contribution in [0.2, 0.25) is 0 Å². The smallest absolute Gasteiger partial charge is 0.152 e. The molecule has 13 heavy (non-hydrogen) atoms. The largest absolute Gasteiger partial charge is 0.491 e. The van der Waals surface area contributed by atoms with Crippen molar-refractivity contribution in [2.75, 3.05) is 5.73 Å². The zero-order chi connectivity index (χ0) is 9.84. The van der Waals surface area contributed by atoms with E-state index in [-0.39, 0.29) is 6.10 Å². The second-order valence-corrected chi connectivity index (χ2v) is 3.08. The van der Waals surface area contributed by atoms with Crippen molar-refractivity contribution in [2.45, 2.75) is 20.0 Å². The lowest BCUT2D eigenvalue weighted by molar-refractivity contribution is 0.112. The molecule has 2 N–H and O–H groups in total. The number of aldehydes is 1. The Morgan fingerprint density at radius 2 is 2.15 bits per heavy atom. The zero-order valence-corrected chi connectivity index (χ0v) is 7.78. The predicted molar refractivity (Wildman–Crippen MR) is 52.0 cm³/mol. The van der Waals surface area contributed by atoms with Crippen molar-refractivity contribution in [3.8, 4) is 5.75 Å². The Morgan fingerprint density at radius 3 is 2.62 bits per heavy atom. The molecule has 3 nitrogen and oxygen atoms in total. The van der Waals surface area contributed by atoms with Crippen LogP contribution < -0.4 is 10.5 Å². The monoisotopic (exact) mass is 179 g/mol. The molecule has 0 amide bonds. The van der Waals surface area contributed by atoms with E-state index >= 15 is 0 Å². The Kier molecular flexibility index (Phi) is 2.90. The third-order valence-electron chi connectivity index (χ3n) is 1.56. The third kappa shape index (κ3) is 2.47. The van der Waals surface area contributed by atoms with Gasteiger partial charge in [-0.05, 0) is 26.0 Å². The van der Waals surface area contributed by atoms with Gasteiger partial charge in [-0.1, -0.05) is 0 Å². The van der Waals surface area contributed by atoms with Crippen molar-refractivity contribution in [3.63, 3.8) is 0 Å². The fourth-order valence-corrected chi connectivity index (χ4v) is 1.01. The van der Waals surface area contributed by atoms with Gasteiger partial charge < -0.3 is 10.5 Å². The Balaban J connectivity index is 2.89. The molecule has 70 valence electrons. The van der Waals surface area contributed by atoms with Crippen LogP contribution in [-0.2, 0) is 0 Å². The van der Waals surface area contributed by atoms with E-state index in [1.54, 1.807) is 18.2 Å². The van der Waals surface area contributed by atoms with Crippen molar-refractivity contribution < 1.29 is 9.53 Å². The standard InChI is InChI=1S/C10H13NO2/c1-7(2)13-9-4-3-8(6-12)10(11)5-9/h3-7H,11H2,1-2H3. The van der Waals surface area contributed by atoms with E-state index in [9.17, 15) is 4.79 Å². The lowest BCUT2D eigenvalue weighted by Gasteiger charge is -2.10. The van der Waals surface area contributed by atoms with Crippen LogP contribution in [0.3, 0.4) is 0 Å². The van der Waals surface area contributed by atoms with E-state index < -0.39 is 0 Å². The number of carbonyl (C=O) groups excluding carboxylic acids is 1. The maximum absolute atomic E-state index is 10.4. The highest BCUT2D eigenvalue weighted by atomic mass is 16.5. The minimum Gasteiger partial charge on any atom is -0.491 e. The summed E-state index contributed by atoms with van der Waals surface area (Å²) in [4.78, 5) is 10.4. The van der Waals surface area contributed by atoms with Crippen LogP contribution in [0.1, 0.15) is 24.2 Å². The van der Waals surface area contributed by atoms with Crippen molar-refractivity contribution in [1.29, 1.82) is 0 Å². The van der Waals surface area contributed by atoms with E-state index in [1.165, 1.54) is 0 Å². The molecule has 0 unspecified atom stereocenters. The van der Waals surface area contributed by atoms with Crippen LogP contribution in [-0.4, -0.2) is 12.4 Å². The minimum absolute atomic E-state index is 0.112. The molecule has 0 bridgehead atoms. The van der Waals surface area contributed by atoms with Gasteiger partial charge in [-0.2, -0.15) is 0 Å². The van der Waals surface area contributed by atoms with Gasteiger partial charge in [0.1, 0.15) is 5.75 Å². The molecule has 0 fully saturated rings. The fourth-order valence-electron chi connectivity index (χ4n) is 1.01. The van der Waals surface area contributed by atoms with Gasteiger partial charge in [-0.15, -0.1) is 0 Å². The molecule has 0 aliphatic heterocycles. The second-order valence-electron chi connectivity index (χ2n) is 3.08. The molecular formula is C10H13NO2. The zero-order valence-electron chi connectivity index (χ0n) is 7.78. The summed E-state index contributed by atoms with van der Waals surface area (Å²) in [6.07, 6.45) is 0.843. The molecule has 0 aromatic heterocycles. The van der Waals surface area contributed by atoms with E-state index in [4.69, 9.17) is 10.5 Å². The first-order valence-electron chi connectivity index (χ1n) is 4.15. The SMILES string of the molecule is CC(C)Oc1ccc(C=O)c(N)c1. The molecule has 0 saturated heterocycles. The summed E-state index contributed by atoms with van der Waals surface area (Å²) in [7, 11) is 0. The number of carbonyl (C=O) groups is 1. The number of nitrogen functional groups attached to an aromatic ring is 1. The highest BCUT2D eigenvalue weighted by Crippen LogP contribution is 2.19. The quantitative estimate of drug-likeness (QED) is 0.569. The Labute approximate surface area is 77.5 Å². The number of nitrogens with two attached hydrogens (primary N) is 1. The van der Waals surface area contributed by atoms with Crippen molar-refractivity contribution in [3.05, 3.63) is 23.8 Å². The van der Waals surface area contributed by atoms with Gasteiger partial charge in [-0.25, -0.2) is 0 Å². The molecule has 0 spiro atoms. The number of rotatable bonds is 3. The summed E-state index contributed by atoms with van der Waals surface area (Å²) < 4.78 is 5.40. The van der Waals surface area contributed by atoms with Crippen LogP contribution in [0.5, 0.6) is 5.75 Å². The molecule has 1 rings (SSSR count). The van der Waals surface area contributed by atoms with Gasteiger partial charge in [0.2, 0.25) is 0 Å². The number of anilines is 1. The summed E-state index contributed by atoms with van der Waals surface area (Å²) in [5, 5.41) is 0. The summed E-state index contributed by atoms with van der Waals surface area (Å²) in [6, 6.07) is 5.05. The highest BCUT2D eigenvalue weighted by Gasteiger charge is 2.01. The van der Waals surface area contributed by atoms with Crippen LogP contribution in [0.15, 0.2) is 18.2 Å². The maximum atomic E-state index is 10.4. The lowest BCUT2D eigenvalue weighted by Crippen LogP contribution is -2.06. The van der Waals surface area contributed by atoms with E-state index in [0.717, 1.165) is 6.29 Å². The molecule has 3 heteroatoms. The van der Waals surface area contributed by atoms with Crippen LogP contribution in [0, 0.1) is 0 Å². The topological polar surface area (TPSA) is 52.3 Å². The molecule has 0 aliphatic rings. The second kappa shape index (κ2) is 3.94. The first-order valence-corrected chi connectivity index (χ1v) is 4.15. The van der Waals surface area contributed by atoms with Crippen molar-refractivity contribution in [1.82, 2.24) is 0 Å². The highest BCUT2D eigenvalue weighted by molar-refractivity contribution is 5.83. The molecule has 0 atom stereocenters. The van der Waals surface area contributed by atoms with Gasteiger partial charge in [0.25, 0.3) is 0 Å². The lowest BCUT2D eigenvalue weighted by atomic mass is 10.2. The summed E-state index contributed by atoms with van der Waals surface area (Å²) in [5.41, 5.74) is 6.54. The molecule has 1 aromatic carbocycles. The molecule has 0 radical (unpaired) electrons. The summed E-state index contributed by atoms with van der Waals surface area (Å²) >= 11 is 0. The molecule has 0 heterocycles. The average molecular weight is 179 g/mol. The van der Waals surface area contributed by atoms with Crippen LogP contribution in [0.4, 0.5) is 5.69 Å². The normalized spacial score (nSPS) is 10.1. The first kappa shape index (κ1) is 9.58. The van der Waals surface area contributed by atoms with Gasteiger partial charge in [-0.3, -0.25) is 4.79 Å². The third-order valence-corrected chi connectivity index (χ3v) is 1.56. The van der Waals surface area contributed by atoms with Crippen LogP contribution >= 0.6 is 0 Å². The van der Waals surface area contributed by atoms with Gasteiger partial charge in [0.05, 0.1) is 6.10 Å². The van der Waals surface area contributed by atoms with Gasteiger partial charge >= 0.3 is 0 Å². The number of ether oxygens (including phenoxy) is 1. The molecule has 0 saturated carbocycles. The van der Waals surface area contributed by atoms with E-state index in [2.05, 4.69) is 0 Å².